The van der Waals surface area contributed by atoms with Crippen LogP contribution in [0.4, 0.5) is 0 Å². The smallest absolute Gasteiger partial charge is 0.0223 e. The molecule has 0 amide bonds. The molecule has 0 aromatic heterocycles. The third-order valence-corrected chi connectivity index (χ3v) is 1.00. The summed E-state index contributed by atoms with van der Waals surface area (Å²) in [5.41, 5.74) is 1.22. The molecule has 9 heavy (non-hydrogen) atoms. The molecule has 0 aromatic rings. The van der Waals surface area contributed by atoms with Gasteiger partial charge in [0.1, 0.15) is 0 Å². The summed E-state index contributed by atoms with van der Waals surface area (Å²) in [6.07, 6.45) is 3.73. The van der Waals surface area contributed by atoms with E-state index in [2.05, 4.69) is 13.5 Å². The summed E-state index contributed by atoms with van der Waals surface area (Å²) >= 11 is 10.1. The van der Waals surface area contributed by atoms with Crippen molar-refractivity contribution in [2.75, 3.05) is 5.88 Å². The van der Waals surface area contributed by atoms with Crippen LogP contribution in [-0.4, -0.2) is 5.88 Å². The van der Waals surface area contributed by atoms with E-state index in [0.29, 0.717) is 0 Å². The number of rotatable bonds is 3. The fourth-order valence-corrected chi connectivity index (χ4v) is 0.533. The maximum Gasteiger partial charge on any atom is 0.0223 e. The predicted octanol–water partition coefficient (Wildman–Crippen LogP) is 3.78. The Hall–Kier alpha value is 0.320. The summed E-state index contributed by atoms with van der Waals surface area (Å²) in [5, 5.41) is 0. The first kappa shape index (κ1) is 12.0. The van der Waals surface area contributed by atoms with Crippen molar-refractivity contribution in [2.45, 2.75) is 26.2 Å². The minimum atomic E-state index is 0.827. The molecule has 0 aliphatic rings. The lowest BCUT2D eigenvalue weighted by Gasteiger charge is -1.84. The van der Waals surface area contributed by atoms with Crippen molar-refractivity contribution in [3.8, 4) is 0 Å². The van der Waals surface area contributed by atoms with Gasteiger partial charge >= 0.3 is 0 Å². The Kier molecular flexibility index (Phi) is 21.1. The van der Waals surface area contributed by atoms with Gasteiger partial charge in [0.15, 0.2) is 0 Å². The lowest BCUT2D eigenvalue weighted by molar-refractivity contribution is 0.776. The zero-order valence-corrected chi connectivity index (χ0v) is 7.38. The first-order valence-electron chi connectivity index (χ1n) is 3.10. The van der Waals surface area contributed by atoms with Crippen molar-refractivity contribution >= 4 is 23.2 Å². The van der Waals surface area contributed by atoms with Crippen molar-refractivity contribution in [1.29, 1.82) is 0 Å². The quantitative estimate of drug-likeness (QED) is 0.445. The summed E-state index contributed by atoms with van der Waals surface area (Å²) in [6.45, 7) is 5.30. The molecular formula is C7H14Cl2. The molecule has 0 bridgehead atoms. The fourth-order valence-electron chi connectivity index (χ4n) is 0.344. The molecule has 0 aromatic carbocycles. The van der Waals surface area contributed by atoms with Gasteiger partial charge in [-0.05, 0) is 12.0 Å². The molecule has 0 fully saturated rings. The van der Waals surface area contributed by atoms with E-state index in [0.717, 1.165) is 5.88 Å². The summed E-state index contributed by atoms with van der Waals surface area (Å²) in [5.74, 6) is 0.827. The van der Waals surface area contributed by atoms with Crippen molar-refractivity contribution < 1.29 is 0 Å². The van der Waals surface area contributed by atoms with Crippen LogP contribution in [0.15, 0.2) is 12.1 Å². The Labute approximate surface area is 67.9 Å². The summed E-state index contributed by atoms with van der Waals surface area (Å²) in [7, 11) is 0. The van der Waals surface area contributed by atoms with Gasteiger partial charge in [0.25, 0.3) is 0 Å². The highest BCUT2D eigenvalue weighted by Gasteiger charge is 1.76. The van der Waals surface area contributed by atoms with Crippen LogP contribution >= 0.6 is 23.2 Å². The van der Waals surface area contributed by atoms with Gasteiger partial charge in [0, 0.05) is 5.88 Å². The minimum absolute atomic E-state index is 0.827. The Balaban J connectivity index is 0. The van der Waals surface area contributed by atoms with Crippen LogP contribution < -0.4 is 0 Å². The van der Waals surface area contributed by atoms with E-state index in [4.69, 9.17) is 23.2 Å². The maximum absolute atomic E-state index is 5.38. The molecule has 0 unspecified atom stereocenters. The topological polar surface area (TPSA) is 0 Å². The van der Waals surface area contributed by atoms with Crippen LogP contribution in [0, 0.1) is 0 Å². The molecule has 0 N–H and O–H groups in total. The van der Waals surface area contributed by atoms with E-state index in [9.17, 15) is 0 Å². The Morgan fingerprint density at radius 1 is 1.44 bits per heavy atom. The van der Waals surface area contributed by atoms with Gasteiger partial charge in [-0.1, -0.05) is 37.9 Å². The first-order chi connectivity index (χ1) is 4.33. The summed E-state index contributed by atoms with van der Waals surface area (Å²) in [6, 6.07) is 0. The standard InChI is InChI=1S/C5H11Cl.C2H3Cl/c1-2-3-4-5-6;1-2-3/h2-5H2,1H3;2H,1H2. The van der Waals surface area contributed by atoms with E-state index < -0.39 is 0 Å². The minimum Gasteiger partial charge on any atom is -0.127 e. The van der Waals surface area contributed by atoms with Gasteiger partial charge in [-0.2, -0.15) is 0 Å². The van der Waals surface area contributed by atoms with Crippen LogP contribution in [0.2, 0.25) is 0 Å². The fraction of sp³-hybridized carbons (Fsp3) is 0.714. The van der Waals surface area contributed by atoms with Crippen LogP contribution in [0.5, 0.6) is 0 Å². The second-order valence-corrected chi connectivity index (χ2v) is 2.24. The van der Waals surface area contributed by atoms with Crippen LogP contribution in [0.1, 0.15) is 26.2 Å². The molecule has 0 rings (SSSR count). The molecule has 56 valence electrons. The molecule has 0 saturated heterocycles. The SMILES string of the molecule is C=CCl.CCCCCCl. The van der Waals surface area contributed by atoms with Crippen molar-refractivity contribution in [1.82, 2.24) is 0 Å². The third kappa shape index (κ3) is 30.1. The van der Waals surface area contributed by atoms with Crippen molar-refractivity contribution in [2.24, 2.45) is 0 Å². The molecule has 0 saturated carbocycles. The average molecular weight is 169 g/mol. The highest BCUT2D eigenvalue weighted by Crippen LogP contribution is 1.93. The molecule has 0 spiro atoms. The molecule has 0 heterocycles. The molecule has 0 aliphatic heterocycles. The van der Waals surface area contributed by atoms with Crippen LogP contribution in [0.25, 0.3) is 0 Å². The third-order valence-electron chi connectivity index (χ3n) is 0.737. The van der Waals surface area contributed by atoms with E-state index >= 15 is 0 Å². The number of hydrogen-bond donors (Lipinski definition) is 0. The zero-order valence-electron chi connectivity index (χ0n) is 5.87. The van der Waals surface area contributed by atoms with Gasteiger partial charge in [0.2, 0.25) is 0 Å². The highest BCUT2D eigenvalue weighted by molar-refractivity contribution is 6.25. The van der Waals surface area contributed by atoms with E-state index in [1.54, 1.807) is 0 Å². The summed E-state index contributed by atoms with van der Waals surface area (Å²) in [4.78, 5) is 0. The van der Waals surface area contributed by atoms with Crippen LogP contribution in [0.3, 0.4) is 0 Å². The molecule has 0 aliphatic carbocycles. The monoisotopic (exact) mass is 168 g/mol. The van der Waals surface area contributed by atoms with Crippen molar-refractivity contribution in [3.05, 3.63) is 12.1 Å². The van der Waals surface area contributed by atoms with Gasteiger partial charge < -0.3 is 0 Å². The molecular weight excluding hydrogens is 155 g/mol. The number of alkyl halides is 1. The number of halogens is 2. The molecule has 0 atom stereocenters. The Morgan fingerprint density at radius 3 is 2.00 bits per heavy atom. The lowest BCUT2D eigenvalue weighted by Crippen LogP contribution is -1.70. The second-order valence-electron chi connectivity index (χ2n) is 1.55. The normalized spacial score (nSPS) is 7.44. The van der Waals surface area contributed by atoms with Gasteiger partial charge in [-0.15, -0.1) is 11.6 Å². The molecule has 0 nitrogen and oxygen atoms in total. The van der Waals surface area contributed by atoms with E-state index in [1.807, 2.05) is 0 Å². The zero-order chi connectivity index (χ0) is 7.54. The predicted molar refractivity (Wildman–Crippen MR) is 46.3 cm³/mol. The number of hydrogen-bond acceptors (Lipinski definition) is 0. The molecule has 2 heteroatoms. The largest absolute Gasteiger partial charge is 0.127 e. The molecule has 0 radical (unpaired) electrons. The summed E-state index contributed by atoms with van der Waals surface area (Å²) < 4.78 is 0. The van der Waals surface area contributed by atoms with Crippen LogP contribution in [-0.2, 0) is 0 Å². The van der Waals surface area contributed by atoms with Gasteiger partial charge in [-0.3, -0.25) is 0 Å². The maximum atomic E-state index is 5.38. The second kappa shape index (κ2) is 15.8. The Bertz CT molecular complexity index is 40.2. The van der Waals surface area contributed by atoms with Gasteiger partial charge in [0.05, 0.1) is 0 Å². The number of unbranched alkanes of at least 4 members (excludes halogenated alkanes) is 2. The first-order valence-corrected chi connectivity index (χ1v) is 4.07. The average Bonchev–Trinajstić information content (AvgIpc) is 1.86. The van der Waals surface area contributed by atoms with Gasteiger partial charge in [-0.25, -0.2) is 0 Å². The highest BCUT2D eigenvalue weighted by atomic mass is 35.5. The van der Waals surface area contributed by atoms with E-state index in [1.165, 1.54) is 24.8 Å². The van der Waals surface area contributed by atoms with E-state index in [-0.39, 0.29) is 0 Å². The lowest BCUT2D eigenvalue weighted by atomic mass is 10.3. The Morgan fingerprint density at radius 2 is 1.89 bits per heavy atom. The van der Waals surface area contributed by atoms with Crippen molar-refractivity contribution in [3.63, 3.8) is 0 Å².